The van der Waals surface area contributed by atoms with Crippen LogP contribution in [0.2, 0.25) is 0 Å². The van der Waals surface area contributed by atoms with E-state index in [-0.39, 0.29) is 0 Å². The third-order valence-corrected chi connectivity index (χ3v) is 2.98. The molecule has 1 N–H and O–H groups in total. The largest absolute Gasteiger partial charge is 0.337 e. The maximum absolute atomic E-state index is 4.45. The van der Waals surface area contributed by atoms with Gasteiger partial charge < -0.3 is 9.88 Å². The van der Waals surface area contributed by atoms with E-state index in [1.165, 1.54) is 25.0 Å². The summed E-state index contributed by atoms with van der Waals surface area (Å²) in [4.78, 5) is 4.45. The molecule has 0 aliphatic carbocycles. The van der Waals surface area contributed by atoms with Gasteiger partial charge in [0.15, 0.2) is 0 Å². The maximum atomic E-state index is 4.45. The Kier molecular flexibility index (Phi) is 6.94. The Morgan fingerprint density at radius 2 is 2.12 bits per heavy atom. The Hall–Kier alpha value is -0.830. The van der Waals surface area contributed by atoms with E-state index in [9.17, 15) is 0 Å². The first-order valence-electron chi connectivity index (χ1n) is 6.97. The number of hydrogen-bond donors (Lipinski definition) is 1. The van der Waals surface area contributed by atoms with E-state index >= 15 is 0 Å². The molecule has 0 spiro atoms. The zero-order valence-corrected chi connectivity index (χ0v) is 11.6. The minimum Gasteiger partial charge on any atom is -0.337 e. The minimum atomic E-state index is 0.750. The van der Waals surface area contributed by atoms with E-state index in [0.29, 0.717) is 0 Å². The molecular formula is C14H27N3. The van der Waals surface area contributed by atoms with Crippen LogP contribution in [0.4, 0.5) is 0 Å². The molecule has 0 saturated heterocycles. The zero-order valence-electron chi connectivity index (χ0n) is 11.6. The molecule has 0 aromatic carbocycles. The molecule has 1 aromatic heterocycles. The minimum absolute atomic E-state index is 0.750. The summed E-state index contributed by atoms with van der Waals surface area (Å²) < 4.78 is 2.23. The standard InChI is InChI=1S/C14H27N3/c1-4-6-13(3)10-17-11-14(16-12-17)7-9-15-8-5-2/h11-13,15H,4-10H2,1-3H3. The fourth-order valence-electron chi connectivity index (χ4n) is 2.10. The van der Waals surface area contributed by atoms with Gasteiger partial charge in [0.05, 0.1) is 12.0 Å². The lowest BCUT2D eigenvalue weighted by Gasteiger charge is -2.09. The molecule has 1 aromatic rings. The second kappa shape index (κ2) is 8.29. The normalized spacial score (nSPS) is 12.9. The van der Waals surface area contributed by atoms with E-state index in [2.05, 4.69) is 41.8 Å². The third kappa shape index (κ3) is 5.87. The summed E-state index contributed by atoms with van der Waals surface area (Å²) >= 11 is 0. The number of hydrogen-bond acceptors (Lipinski definition) is 2. The van der Waals surface area contributed by atoms with Crippen LogP contribution in [-0.4, -0.2) is 22.6 Å². The van der Waals surface area contributed by atoms with Gasteiger partial charge in [0, 0.05) is 25.7 Å². The summed E-state index contributed by atoms with van der Waals surface area (Å²) in [5.41, 5.74) is 1.21. The molecule has 1 atom stereocenters. The molecule has 0 amide bonds. The lowest BCUT2D eigenvalue weighted by atomic mass is 10.1. The molecule has 17 heavy (non-hydrogen) atoms. The van der Waals surface area contributed by atoms with Gasteiger partial charge in [-0.3, -0.25) is 0 Å². The maximum Gasteiger partial charge on any atom is 0.0949 e. The van der Waals surface area contributed by atoms with Crippen molar-refractivity contribution < 1.29 is 0 Å². The SMILES string of the molecule is CCCNCCc1cn(CC(C)CCC)cn1. The number of aromatic nitrogens is 2. The summed E-state index contributed by atoms with van der Waals surface area (Å²) in [5, 5.41) is 3.40. The molecule has 98 valence electrons. The third-order valence-electron chi connectivity index (χ3n) is 2.98. The summed E-state index contributed by atoms with van der Waals surface area (Å²) in [6.45, 7) is 9.99. The van der Waals surface area contributed by atoms with Gasteiger partial charge in [-0.25, -0.2) is 4.98 Å². The van der Waals surface area contributed by atoms with Gasteiger partial charge in [-0.2, -0.15) is 0 Å². The van der Waals surface area contributed by atoms with Crippen molar-refractivity contribution in [1.29, 1.82) is 0 Å². The highest BCUT2D eigenvalue weighted by Gasteiger charge is 2.03. The van der Waals surface area contributed by atoms with E-state index in [1.54, 1.807) is 0 Å². The van der Waals surface area contributed by atoms with Crippen LogP contribution in [-0.2, 0) is 13.0 Å². The fraction of sp³-hybridized carbons (Fsp3) is 0.786. The Morgan fingerprint density at radius 1 is 1.29 bits per heavy atom. The first-order chi connectivity index (χ1) is 8.26. The molecule has 1 rings (SSSR count). The van der Waals surface area contributed by atoms with E-state index in [4.69, 9.17) is 0 Å². The second-order valence-electron chi connectivity index (χ2n) is 4.96. The van der Waals surface area contributed by atoms with Crippen molar-refractivity contribution in [2.24, 2.45) is 5.92 Å². The van der Waals surface area contributed by atoms with Crippen LogP contribution in [0.15, 0.2) is 12.5 Å². The summed E-state index contributed by atoms with van der Waals surface area (Å²) in [6, 6.07) is 0. The van der Waals surface area contributed by atoms with E-state index in [1.807, 2.05) is 6.33 Å². The van der Waals surface area contributed by atoms with Crippen molar-refractivity contribution >= 4 is 0 Å². The fourth-order valence-corrected chi connectivity index (χ4v) is 2.10. The van der Waals surface area contributed by atoms with Gasteiger partial charge in [-0.1, -0.05) is 27.2 Å². The second-order valence-corrected chi connectivity index (χ2v) is 4.96. The van der Waals surface area contributed by atoms with Gasteiger partial charge in [0.2, 0.25) is 0 Å². The highest BCUT2D eigenvalue weighted by Crippen LogP contribution is 2.09. The molecule has 0 saturated carbocycles. The lowest BCUT2D eigenvalue weighted by Crippen LogP contribution is -2.17. The number of nitrogens with one attached hydrogen (secondary N) is 1. The van der Waals surface area contributed by atoms with Crippen LogP contribution in [0.1, 0.15) is 45.7 Å². The Morgan fingerprint density at radius 3 is 2.82 bits per heavy atom. The van der Waals surface area contributed by atoms with Crippen molar-refractivity contribution in [1.82, 2.24) is 14.9 Å². The molecule has 1 unspecified atom stereocenters. The van der Waals surface area contributed by atoms with Crippen LogP contribution >= 0.6 is 0 Å². The molecule has 0 radical (unpaired) electrons. The first-order valence-corrected chi connectivity index (χ1v) is 6.97. The smallest absolute Gasteiger partial charge is 0.0949 e. The monoisotopic (exact) mass is 237 g/mol. The van der Waals surface area contributed by atoms with Gasteiger partial charge in [0.25, 0.3) is 0 Å². The molecule has 3 heteroatoms. The number of rotatable bonds is 9. The van der Waals surface area contributed by atoms with E-state index < -0.39 is 0 Å². The molecule has 3 nitrogen and oxygen atoms in total. The van der Waals surface area contributed by atoms with Gasteiger partial charge in [-0.05, 0) is 25.3 Å². The van der Waals surface area contributed by atoms with Gasteiger partial charge >= 0.3 is 0 Å². The number of imidazole rings is 1. The van der Waals surface area contributed by atoms with Crippen molar-refractivity contribution in [2.45, 2.75) is 53.0 Å². The van der Waals surface area contributed by atoms with Crippen LogP contribution in [0.3, 0.4) is 0 Å². The first kappa shape index (κ1) is 14.2. The molecule has 0 fully saturated rings. The van der Waals surface area contributed by atoms with Gasteiger partial charge in [0.1, 0.15) is 0 Å². The average molecular weight is 237 g/mol. The predicted octanol–water partition coefficient (Wildman–Crippen LogP) is 2.86. The lowest BCUT2D eigenvalue weighted by molar-refractivity contribution is 0.445. The molecular weight excluding hydrogens is 210 g/mol. The molecule has 0 aliphatic rings. The van der Waals surface area contributed by atoms with Crippen molar-refractivity contribution in [3.63, 3.8) is 0 Å². The molecule has 0 aliphatic heterocycles. The summed E-state index contributed by atoms with van der Waals surface area (Å²) in [5.74, 6) is 0.750. The molecule has 1 heterocycles. The summed E-state index contributed by atoms with van der Waals surface area (Å²) in [6.07, 6.45) is 8.97. The predicted molar refractivity (Wildman–Crippen MR) is 73.2 cm³/mol. The highest BCUT2D eigenvalue weighted by atomic mass is 15.0. The van der Waals surface area contributed by atoms with Crippen molar-refractivity contribution in [3.8, 4) is 0 Å². The van der Waals surface area contributed by atoms with Crippen LogP contribution in [0, 0.1) is 5.92 Å². The Labute approximate surface area is 106 Å². The van der Waals surface area contributed by atoms with Crippen molar-refractivity contribution in [3.05, 3.63) is 18.2 Å². The van der Waals surface area contributed by atoms with E-state index in [0.717, 1.165) is 32.0 Å². The zero-order chi connectivity index (χ0) is 12.5. The molecule has 0 bridgehead atoms. The highest BCUT2D eigenvalue weighted by molar-refractivity contribution is 4.97. The average Bonchev–Trinajstić information content (AvgIpc) is 2.72. The van der Waals surface area contributed by atoms with Crippen LogP contribution in [0.25, 0.3) is 0 Å². The number of nitrogens with zero attached hydrogens (tertiary/aromatic N) is 2. The van der Waals surface area contributed by atoms with Crippen LogP contribution in [0.5, 0.6) is 0 Å². The topological polar surface area (TPSA) is 29.9 Å². The Bertz CT molecular complexity index is 293. The van der Waals surface area contributed by atoms with Crippen LogP contribution < -0.4 is 5.32 Å². The quantitative estimate of drug-likeness (QED) is 0.669. The Balaban J connectivity index is 2.27. The van der Waals surface area contributed by atoms with Crippen molar-refractivity contribution in [2.75, 3.05) is 13.1 Å². The summed E-state index contributed by atoms with van der Waals surface area (Å²) in [7, 11) is 0. The van der Waals surface area contributed by atoms with Gasteiger partial charge in [-0.15, -0.1) is 0 Å².